The van der Waals surface area contributed by atoms with Gasteiger partial charge in [-0.25, -0.2) is 9.18 Å². The molecule has 2 atom stereocenters. The van der Waals surface area contributed by atoms with E-state index in [1.54, 1.807) is 19.2 Å². The molecular formula is C21H19ClFN3O2. The maximum atomic E-state index is 13.5. The second kappa shape index (κ2) is 6.48. The Balaban J connectivity index is 1.83. The largest absolute Gasteiger partial charge is 0.496 e. The number of hydrogen-bond donors (Lipinski definition) is 1. The summed E-state index contributed by atoms with van der Waals surface area (Å²) in [7, 11) is 1.59. The van der Waals surface area contributed by atoms with Crippen molar-refractivity contribution in [3.63, 3.8) is 0 Å². The van der Waals surface area contributed by atoms with Crippen LogP contribution in [0.3, 0.4) is 0 Å². The molecule has 2 saturated carbocycles. The minimum Gasteiger partial charge on any atom is -0.496 e. The van der Waals surface area contributed by atoms with Gasteiger partial charge in [-0.2, -0.15) is 4.98 Å². The van der Waals surface area contributed by atoms with Gasteiger partial charge in [-0.1, -0.05) is 23.7 Å². The second-order valence-electron chi connectivity index (χ2n) is 7.42. The van der Waals surface area contributed by atoms with E-state index in [2.05, 4.69) is 10.3 Å². The predicted molar refractivity (Wildman–Crippen MR) is 108 cm³/mol. The lowest BCUT2D eigenvalue weighted by molar-refractivity contribution is 0.419. The molecule has 1 aromatic heterocycles. The average molecular weight is 400 g/mol. The number of aromatic nitrogens is 2. The fourth-order valence-corrected chi connectivity index (χ4v) is 3.83. The summed E-state index contributed by atoms with van der Waals surface area (Å²) in [5.74, 6) is 1.44. The number of ether oxygens (including phenoxy) is 1. The number of fused-ring (bicyclic) bond motifs is 1. The van der Waals surface area contributed by atoms with Crippen molar-refractivity contribution in [2.45, 2.75) is 37.4 Å². The number of methoxy groups -OCH3 is 1. The Morgan fingerprint density at radius 1 is 1.29 bits per heavy atom. The van der Waals surface area contributed by atoms with Gasteiger partial charge >= 0.3 is 5.69 Å². The van der Waals surface area contributed by atoms with Crippen LogP contribution in [0.5, 0.6) is 5.75 Å². The lowest BCUT2D eigenvalue weighted by Crippen LogP contribution is -2.25. The molecule has 2 fully saturated rings. The molecule has 5 rings (SSSR count). The number of hydrogen-bond acceptors (Lipinski definition) is 4. The van der Waals surface area contributed by atoms with Gasteiger partial charge in [-0.05, 0) is 48.6 Å². The highest BCUT2D eigenvalue weighted by Gasteiger charge is 2.38. The molecule has 7 heteroatoms. The zero-order valence-electron chi connectivity index (χ0n) is 15.3. The standard InChI is InChI=1S/C21H19ClFN3O2/c1-28-18-9-12(11-6-7-11)8-17-19(18)20(24-15-10-14(15)23)25-21(27)26(17)16-5-3-2-4-13(16)22/h2-5,8-9,11,14-15H,6-7,10H2,1H3,(H,24,25,27)/t14-,15+/m1/s1. The van der Waals surface area contributed by atoms with Crippen LogP contribution in [-0.2, 0) is 0 Å². The first kappa shape index (κ1) is 17.5. The van der Waals surface area contributed by atoms with Gasteiger partial charge in [0.1, 0.15) is 17.7 Å². The predicted octanol–water partition coefficient (Wildman–Crippen LogP) is 4.45. The van der Waals surface area contributed by atoms with Crippen molar-refractivity contribution >= 4 is 28.3 Å². The topological polar surface area (TPSA) is 56.1 Å². The molecule has 0 radical (unpaired) electrons. The summed E-state index contributed by atoms with van der Waals surface area (Å²) in [5.41, 5.74) is 1.88. The molecule has 3 aromatic rings. The monoisotopic (exact) mass is 399 g/mol. The molecule has 0 saturated heterocycles. The Morgan fingerprint density at radius 3 is 2.68 bits per heavy atom. The number of para-hydroxylation sites is 1. The number of rotatable bonds is 5. The van der Waals surface area contributed by atoms with Gasteiger partial charge < -0.3 is 10.1 Å². The van der Waals surface area contributed by atoms with Crippen LogP contribution >= 0.6 is 11.6 Å². The van der Waals surface area contributed by atoms with Gasteiger partial charge in [0, 0.05) is 6.42 Å². The molecule has 0 aliphatic heterocycles. The van der Waals surface area contributed by atoms with Crippen LogP contribution in [-0.4, -0.2) is 28.9 Å². The van der Waals surface area contributed by atoms with E-state index in [1.165, 1.54) is 4.57 Å². The number of benzene rings is 2. The third-order valence-electron chi connectivity index (χ3n) is 5.38. The van der Waals surface area contributed by atoms with E-state index in [1.807, 2.05) is 24.3 Å². The number of nitrogens with one attached hydrogen (secondary N) is 1. The summed E-state index contributed by atoms with van der Waals surface area (Å²) in [6.07, 6.45) is 1.73. The summed E-state index contributed by atoms with van der Waals surface area (Å²) >= 11 is 6.39. The van der Waals surface area contributed by atoms with Gasteiger partial charge in [0.2, 0.25) is 0 Å². The lowest BCUT2D eigenvalue weighted by atomic mass is 10.1. The molecule has 28 heavy (non-hydrogen) atoms. The highest BCUT2D eigenvalue weighted by molar-refractivity contribution is 6.32. The summed E-state index contributed by atoms with van der Waals surface area (Å²) in [4.78, 5) is 17.2. The minimum atomic E-state index is -0.917. The zero-order valence-corrected chi connectivity index (χ0v) is 16.0. The fraction of sp³-hybridized carbons (Fsp3) is 0.333. The third kappa shape index (κ3) is 2.92. The van der Waals surface area contributed by atoms with E-state index in [0.29, 0.717) is 45.5 Å². The van der Waals surface area contributed by atoms with Crippen molar-refractivity contribution < 1.29 is 9.13 Å². The van der Waals surface area contributed by atoms with Crippen molar-refractivity contribution in [2.75, 3.05) is 12.4 Å². The number of halogens is 2. The molecule has 2 aliphatic rings. The molecule has 0 spiro atoms. The van der Waals surface area contributed by atoms with E-state index in [9.17, 15) is 9.18 Å². The average Bonchev–Trinajstić information content (AvgIpc) is 3.60. The Labute approximate surface area is 166 Å². The van der Waals surface area contributed by atoms with Crippen LogP contribution in [0.1, 0.15) is 30.7 Å². The first-order chi connectivity index (χ1) is 13.6. The fourth-order valence-electron chi connectivity index (χ4n) is 3.61. The molecule has 2 aliphatic carbocycles. The zero-order chi connectivity index (χ0) is 19.4. The Morgan fingerprint density at radius 2 is 2.04 bits per heavy atom. The Hall–Kier alpha value is -2.60. The summed E-state index contributed by atoms with van der Waals surface area (Å²) in [6.45, 7) is 0. The molecule has 0 bridgehead atoms. The molecule has 0 unspecified atom stereocenters. The van der Waals surface area contributed by atoms with Crippen molar-refractivity contribution in [1.29, 1.82) is 0 Å². The number of anilines is 1. The quantitative estimate of drug-likeness (QED) is 0.688. The molecule has 1 N–H and O–H groups in total. The lowest BCUT2D eigenvalue weighted by Gasteiger charge is -2.18. The maximum Gasteiger partial charge on any atom is 0.354 e. The van der Waals surface area contributed by atoms with Crippen LogP contribution in [0.4, 0.5) is 10.2 Å². The van der Waals surface area contributed by atoms with Crippen LogP contribution in [0.15, 0.2) is 41.2 Å². The van der Waals surface area contributed by atoms with Gasteiger partial charge in [-0.3, -0.25) is 4.57 Å². The van der Waals surface area contributed by atoms with Crippen LogP contribution in [0, 0.1) is 0 Å². The van der Waals surface area contributed by atoms with Crippen LogP contribution < -0.4 is 15.7 Å². The highest BCUT2D eigenvalue weighted by atomic mass is 35.5. The SMILES string of the molecule is COc1cc(C2CC2)cc2c1c(N[C@H]1C[C@H]1F)nc(=O)n2-c1ccccc1Cl. The van der Waals surface area contributed by atoms with E-state index in [-0.39, 0.29) is 6.04 Å². The first-order valence-electron chi connectivity index (χ1n) is 9.37. The first-order valence-corrected chi connectivity index (χ1v) is 9.75. The molecule has 5 nitrogen and oxygen atoms in total. The summed E-state index contributed by atoms with van der Waals surface area (Å²) < 4.78 is 20.7. The smallest absolute Gasteiger partial charge is 0.354 e. The van der Waals surface area contributed by atoms with E-state index >= 15 is 0 Å². The van der Waals surface area contributed by atoms with Crippen LogP contribution in [0.25, 0.3) is 16.6 Å². The maximum absolute atomic E-state index is 13.5. The van der Waals surface area contributed by atoms with Gasteiger partial charge in [0.25, 0.3) is 0 Å². The van der Waals surface area contributed by atoms with Gasteiger partial charge in [0.15, 0.2) is 0 Å². The number of nitrogens with zero attached hydrogens (tertiary/aromatic N) is 2. The van der Waals surface area contributed by atoms with Crippen molar-refractivity contribution in [2.24, 2.45) is 0 Å². The Kier molecular flexibility index (Phi) is 4.05. The Bertz CT molecular complexity index is 1140. The van der Waals surface area contributed by atoms with E-state index in [4.69, 9.17) is 16.3 Å². The second-order valence-corrected chi connectivity index (χ2v) is 7.83. The van der Waals surface area contributed by atoms with Gasteiger partial charge in [0.05, 0.1) is 34.8 Å². The summed E-state index contributed by atoms with van der Waals surface area (Å²) in [5, 5.41) is 4.18. The summed E-state index contributed by atoms with van der Waals surface area (Å²) in [6, 6.07) is 10.8. The van der Waals surface area contributed by atoms with Crippen molar-refractivity contribution in [1.82, 2.24) is 9.55 Å². The molecule has 0 amide bonds. The molecular weight excluding hydrogens is 381 g/mol. The third-order valence-corrected chi connectivity index (χ3v) is 5.70. The highest BCUT2D eigenvalue weighted by Crippen LogP contribution is 2.44. The number of alkyl halides is 1. The van der Waals surface area contributed by atoms with Crippen molar-refractivity contribution in [3.8, 4) is 11.4 Å². The van der Waals surface area contributed by atoms with Crippen molar-refractivity contribution in [3.05, 3.63) is 57.5 Å². The molecule has 1 heterocycles. The van der Waals surface area contributed by atoms with E-state index in [0.717, 1.165) is 18.4 Å². The van der Waals surface area contributed by atoms with E-state index < -0.39 is 11.9 Å². The molecule has 144 valence electrons. The normalized spacial score (nSPS) is 21.0. The minimum absolute atomic E-state index is 0.320. The molecule has 2 aromatic carbocycles. The van der Waals surface area contributed by atoms with Gasteiger partial charge in [-0.15, -0.1) is 0 Å². The van der Waals surface area contributed by atoms with Crippen LogP contribution in [0.2, 0.25) is 5.02 Å².